The highest BCUT2D eigenvalue weighted by molar-refractivity contribution is 6.28. The zero-order valence-electron chi connectivity index (χ0n) is 31.5. The maximum Gasteiger partial charge on any atom is 0.194 e. The Hall–Kier alpha value is -4.92. The summed E-state index contributed by atoms with van der Waals surface area (Å²) in [6.07, 6.45) is 4.22. The number of ketones is 2. The van der Waals surface area contributed by atoms with Gasteiger partial charge in [-0.05, 0) is 64.8 Å². The molecule has 0 aliphatic heterocycles. The molecule has 52 heavy (non-hydrogen) atoms. The summed E-state index contributed by atoms with van der Waals surface area (Å²) in [5.74, 6) is 1.45. The molecule has 0 radical (unpaired) electrons. The Morgan fingerprint density at radius 2 is 0.885 bits per heavy atom. The fourth-order valence-corrected chi connectivity index (χ4v) is 7.52. The number of carbonyl (C=O) groups is 2. The minimum atomic E-state index is -0.0477. The predicted molar refractivity (Wildman–Crippen MR) is 211 cm³/mol. The molecule has 0 fully saturated rings. The van der Waals surface area contributed by atoms with Crippen molar-refractivity contribution in [2.45, 2.75) is 91.9 Å². The second kappa shape index (κ2) is 17.5. The monoisotopic (exact) mass is 708 g/mol. The summed E-state index contributed by atoms with van der Waals surface area (Å²) < 4.78 is 0. The van der Waals surface area contributed by atoms with Crippen LogP contribution in [0.4, 0.5) is 0 Å². The van der Waals surface area contributed by atoms with Gasteiger partial charge in [-0.15, -0.1) is 0 Å². The molecule has 0 heterocycles. The molecule has 5 aromatic carbocycles. The topological polar surface area (TPSA) is 149 Å². The molecule has 4 N–H and O–H groups in total. The maximum absolute atomic E-state index is 12.9. The van der Waals surface area contributed by atoms with Crippen LogP contribution in [0.3, 0.4) is 0 Å². The van der Waals surface area contributed by atoms with Gasteiger partial charge in [-0.2, -0.15) is 0 Å². The van der Waals surface area contributed by atoms with Crippen LogP contribution in [0.15, 0.2) is 84.9 Å². The number of hydrogen-bond acceptors (Lipinski definition) is 8. The van der Waals surface area contributed by atoms with E-state index in [9.17, 15) is 19.8 Å². The van der Waals surface area contributed by atoms with Crippen LogP contribution in [0.2, 0.25) is 0 Å². The third-order valence-corrected chi connectivity index (χ3v) is 12.1. The van der Waals surface area contributed by atoms with Crippen LogP contribution in [0.5, 0.6) is 11.5 Å². The van der Waals surface area contributed by atoms with Gasteiger partial charge < -0.3 is 10.2 Å². The van der Waals surface area contributed by atoms with Gasteiger partial charge in [0.2, 0.25) is 0 Å². The molecule has 0 bridgehead atoms. The lowest BCUT2D eigenvalue weighted by molar-refractivity contribution is -0.176. The van der Waals surface area contributed by atoms with Gasteiger partial charge in [0.1, 0.15) is 11.5 Å². The fourth-order valence-electron chi connectivity index (χ4n) is 7.52. The molecule has 4 unspecified atom stereocenters. The van der Waals surface area contributed by atoms with Crippen molar-refractivity contribution in [1.82, 2.24) is 0 Å². The molecule has 0 spiro atoms. The van der Waals surface area contributed by atoms with Crippen LogP contribution in [0.25, 0.3) is 21.5 Å². The molecule has 1 aliphatic rings. The molecule has 0 saturated heterocycles. The first kappa shape index (κ1) is 41.5. The smallest absolute Gasteiger partial charge is 0.194 e. The Balaban J connectivity index is 0.000000256. The third-order valence-electron chi connectivity index (χ3n) is 12.1. The van der Waals surface area contributed by atoms with E-state index in [-0.39, 0.29) is 33.9 Å². The van der Waals surface area contributed by atoms with E-state index in [1.807, 2.05) is 54.6 Å². The quantitative estimate of drug-likeness (QED) is 0.0528. The normalized spacial score (nSPS) is 15.2. The van der Waals surface area contributed by atoms with Crippen molar-refractivity contribution < 1.29 is 30.3 Å². The number of fused-ring (bicyclic) bond motifs is 4. The molecule has 276 valence electrons. The van der Waals surface area contributed by atoms with E-state index in [0.717, 1.165) is 36.6 Å². The zero-order valence-corrected chi connectivity index (χ0v) is 31.5. The van der Waals surface area contributed by atoms with E-state index in [4.69, 9.17) is 20.4 Å². The Bertz CT molecular complexity index is 2030. The van der Waals surface area contributed by atoms with Crippen molar-refractivity contribution in [2.24, 2.45) is 11.8 Å². The number of aromatic hydroxyl groups is 2. The van der Waals surface area contributed by atoms with E-state index in [1.165, 1.54) is 5.56 Å². The van der Waals surface area contributed by atoms with E-state index >= 15 is 0 Å². The number of benzene rings is 5. The largest absolute Gasteiger partial charge is 0.507 e. The van der Waals surface area contributed by atoms with Crippen molar-refractivity contribution >= 4 is 33.1 Å². The first-order valence-corrected chi connectivity index (χ1v) is 17.9. The van der Waals surface area contributed by atoms with Crippen molar-refractivity contribution in [1.29, 1.82) is 0 Å². The molecule has 5 aromatic rings. The van der Waals surface area contributed by atoms with Crippen LogP contribution in [0.1, 0.15) is 124 Å². The average Bonchev–Trinajstić information content (AvgIpc) is 3.21. The minimum Gasteiger partial charge on any atom is -0.507 e. The molecular weight excluding hydrogens is 656 g/mol. The SMILES string of the molecule is CCC(C)C(C)(CC)c1ccc2c(O)c3ccccc3c(O)c2c1.CCC(C)C(C)(CC)c1ccc2c(c1)C(=O)c1ccccc1C2=O.O=O.OO. The van der Waals surface area contributed by atoms with Crippen molar-refractivity contribution in [3.63, 3.8) is 0 Å². The first-order chi connectivity index (χ1) is 24.9. The zero-order chi connectivity index (χ0) is 39.0. The van der Waals surface area contributed by atoms with E-state index in [1.54, 1.807) is 18.2 Å². The summed E-state index contributed by atoms with van der Waals surface area (Å²) >= 11 is 0. The second-order valence-electron chi connectivity index (χ2n) is 14.1. The highest BCUT2D eigenvalue weighted by atomic mass is 17.0. The summed E-state index contributed by atoms with van der Waals surface area (Å²) in [6.45, 7) is 17.9. The first-order valence-electron chi connectivity index (χ1n) is 17.9. The third kappa shape index (κ3) is 7.36. The van der Waals surface area contributed by atoms with Gasteiger partial charge in [-0.25, -0.2) is 0 Å². The summed E-state index contributed by atoms with van der Waals surface area (Å²) in [4.78, 5) is 39.6. The van der Waals surface area contributed by atoms with E-state index in [2.05, 4.69) is 67.5 Å². The average molecular weight is 709 g/mol. The van der Waals surface area contributed by atoms with Gasteiger partial charge in [0.25, 0.3) is 0 Å². The molecule has 4 atom stereocenters. The number of rotatable bonds is 8. The molecule has 0 aromatic heterocycles. The lowest BCUT2D eigenvalue weighted by atomic mass is 9.68. The summed E-state index contributed by atoms with van der Waals surface area (Å²) in [5, 5.41) is 36.2. The maximum atomic E-state index is 12.9. The highest BCUT2D eigenvalue weighted by Crippen LogP contribution is 2.45. The summed E-state index contributed by atoms with van der Waals surface area (Å²) in [5.41, 5.74) is 4.55. The number of hydrogen-bond donors (Lipinski definition) is 4. The Kier molecular flexibility index (Phi) is 14.0. The molecular formula is C44H52O8. The standard InChI is InChI=1S/C22H26O2.C22H24O2.H2O2.O2/c2*1-5-14(3)22(4,6-2)15-11-12-18-19(13-15)21(24)17-10-8-7-9-16(17)20(18)23;2*1-2/h7-14,23-24H,5-6H2,1-4H3;7-14H,5-6H2,1-4H3;1-2H;. The van der Waals surface area contributed by atoms with Gasteiger partial charge in [0.05, 0.1) is 0 Å². The fraction of sp³-hybridized carbons (Fsp3) is 0.364. The van der Waals surface area contributed by atoms with Gasteiger partial charge >= 0.3 is 0 Å². The molecule has 8 nitrogen and oxygen atoms in total. The van der Waals surface area contributed by atoms with Crippen LogP contribution in [-0.2, 0) is 10.8 Å². The van der Waals surface area contributed by atoms with Gasteiger partial charge in [0, 0.05) is 53.7 Å². The predicted octanol–water partition coefficient (Wildman–Crippen LogP) is 11.4. The number of carbonyl (C=O) groups excluding carboxylic acids is 2. The van der Waals surface area contributed by atoms with Crippen molar-refractivity contribution in [2.75, 3.05) is 0 Å². The molecule has 6 rings (SSSR count). The van der Waals surface area contributed by atoms with Crippen molar-refractivity contribution in [3.05, 3.63) is 128 Å². The molecule has 8 heteroatoms. The van der Waals surface area contributed by atoms with E-state index < -0.39 is 0 Å². The molecule has 1 aliphatic carbocycles. The van der Waals surface area contributed by atoms with E-state index in [0.29, 0.717) is 50.2 Å². The van der Waals surface area contributed by atoms with Gasteiger partial charge in [0.15, 0.2) is 11.6 Å². The number of phenols is 2. The lowest BCUT2D eigenvalue weighted by Gasteiger charge is -2.36. The number of phenolic OH excluding ortho intramolecular Hbond substituents is 2. The van der Waals surface area contributed by atoms with Crippen LogP contribution in [0, 0.1) is 21.8 Å². The Morgan fingerprint density at radius 1 is 0.519 bits per heavy atom. The van der Waals surface area contributed by atoms with Crippen LogP contribution in [-0.4, -0.2) is 32.3 Å². The van der Waals surface area contributed by atoms with Crippen LogP contribution >= 0.6 is 0 Å². The second-order valence-corrected chi connectivity index (χ2v) is 14.1. The molecule has 0 amide bonds. The lowest BCUT2D eigenvalue weighted by Crippen LogP contribution is -2.30. The van der Waals surface area contributed by atoms with Crippen LogP contribution < -0.4 is 0 Å². The highest BCUT2D eigenvalue weighted by Gasteiger charge is 2.35. The van der Waals surface area contributed by atoms with Gasteiger partial charge in [-0.1, -0.05) is 135 Å². The Labute approximate surface area is 306 Å². The summed E-state index contributed by atoms with van der Waals surface area (Å²) in [6, 6.07) is 26.5. The Morgan fingerprint density at radius 3 is 1.35 bits per heavy atom. The molecule has 0 saturated carbocycles. The minimum absolute atomic E-state index is 0.00404. The van der Waals surface area contributed by atoms with Crippen molar-refractivity contribution in [3.8, 4) is 11.5 Å². The van der Waals surface area contributed by atoms with Gasteiger partial charge in [-0.3, -0.25) is 20.1 Å². The summed E-state index contributed by atoms with van der Waals surface area (Å²) in [7, 11) is 0.